The van der Waals surface area contributed by atoms with Crippen LogP contribution in [0.25, 0.3) is 0 Å². The van der Waals surface area contributed by atoms with E-state index in [1.165, 1.54) is 29.8 Å². The van der Waals surface area contributed by atoms with E-state index >= 15 is 0 Å². The van der Waals surface area contributed by atoms with Gasteiger partial charge in [0.15, 0.2) is 0 Å². The van der Waals surface area contributed by atoms with Crippen molar-refractivity contribution >= 4 is 17.3 Å². The number of pyridine rings is 1. The molecule has 1 aromatic heterocycles. The van der Waals surface area contributed by atoms with Crippen LogP contribution in [0.15, 0.2) is 60.8 Å². The molecule has 1 unspecified atom stereocenters. The molecule has 220 valence electrons. The molecule has 0 aliphatic carbocycles. The number of halogens is 4. The lowest BCUT2D eigenvalue weighted by Gasteiger charge is -2.37. The van der Waals surface area contributed by atoms with Crippen LogP contribution in [-0.4, -0.2) is 42.6 Å². The monoisotopic (exact) mass is 575 g/mol. The summed E-state index contributed by atoms with van der Waals surface area (Å²) >= 11 is 6.37. The molecule has 0 radical (unpaired) electrons. The maximum atomic E-state index is 12.6. The van der Waals surface area contributed by atoms with Gasteiger partial charge in [-0.25, -0.2) is 0 Å². The Bertz CT molecular complexity index is 1120. The number of benzene rings is 2. The van der Waals surface area contributed by atoms with E-state index in [1.54, 1.807) is 0 Å². The fourth-order valence-corrected chi connectivity index (χ4v) is 4.39. The second-order valence-corrected chi connectivity index (χ2v) is 11.5. The van der Waals surface area contributed by atoms with Crippen LogP contribution in [0.1, 0.15) is 68.0 Å². The van der Waals surface area contributed by atoms with Gasteiger partial charge < -0.3 is 4.90 Å². The largest absolute Gasteiger partial charge is 0.433 e. The lowest BCUT2D eigenvalue weighted by molar-refractivity contribution is -0.141. The fourth-order valence-electron chi connectivity index (χ4n) is 4.03. The Morgan fingerprint density at radius 3 is 1.77 bits per heavy atom. The molecule has 3 nitrogen and oxygen atoms in total. The van der Waals surface area contributed by atoms with Crippen LogP contribution < -0.4 is 4.90 Å². The number of rotatable bonds is 5. The summed E-state index contributed by atoms with van der Waals surface area (Å²) in [5.74, 6) is 1.00. The Morgan fingerprint density at radius 2 is 1.35 bits per heavy atom. The zero-order valence-corrected chi connectivity index (χ0v) is 25.8. The number of aromatic nitrogens is 1. The maximum absolute atomic E-state index is 12.6. The smallest absolute Gasteiger partial charge is 0.368 e. The standard InChI is InChI=1S/C20H23ClF3N3.C8H10.C5H12/c1-14-3-5-18(17(21)11-14)27-9-7-26(8-10-27)13-15(2)16-4-6-19(25-12-16)20(22,23)24;1-7-3-5-8(2)6-4-7;1-4-5(2)3/h3-6,11-12,15H,7-10,13H2,1-2H3;3-6H,1-2H3;5H,4H2,1-3H3. The average Bonchev–Trinajstić information content (AvgIpc) is 2.91. The van der Waals surface area contributed by atoms with Crippen molar-refractivity contribution in [2.24, 2.45) is 5.92 Å². The molecule has 2 aromatic carbocycles. The molecule has 1 aliphatic rings. The Kier molecular flexibility index (Phi) is 13.5. The summed E-state index contributed by atoms with van der Waals surface area (Å²) in [5.41, 5.74) is 4.84. The first-order chi connectivity index (χ1) is 18.8. The van der Waals surface area contributed by atoms with Gasteiger partial charge in [0.1, 0.15) is 5.69 Å². The van der Waals surface area contributed by atoms with Gasteiger partial charge in [0.25, 0.3) is 0 Å². The number of hydrogen-bond donors (Lipinski definition) is 0. The summed E-state index contributed by atoms with van der Waals surface area (Å²) in [5, 5.41) is 0.771. The predicted molar refractivity (Wildman–Crippen MR) is 164 cm³/mol. The van der Waals surface area contributed by atoms with E-state index in [2.05, 4.69) is 85.8 Å². The van der Waals surface area contributed by atoms with Crippen molar-refractivity contribution in [2.75, 3.05) is 37.6 Å². The van der Waals surface area contributed by atoms with Crippen LogP contribution in [0.3, 0.4) is 0 Å². The van der Waals surface area contributed by atoms with Crippen molar-refractivity contribution in [1.82, 2.24) is 9.88 Å². The SMILES string of the molecule is CCC(C)C.Cc1ccc(C)cc1.Cc1ccc(N2CCN(CC(C)c3ccc(C(F)(F)F)nc3)CC2)c(Cl)c1. The Morgan fingerprint density at radius 1 is 0.825 bits per heavy atom. The van der Waals surface area contributed by atoms with Gasteiger partial charge >= 0.3 is 6.18 Å². The molecule has 0 bridgehead atoms. The van der Waals surface area contributed by atoms with E-state index in [4.69, 9.17) is 11.6 Å². The minimum Gasteiger partial charge on any atom is -0.368 e. The highest BCUT2D eigenvalue weighted by atomic mass is 35.5. The fraction of sp³-hybridized carbons (Fsp3) is 0.485. The molecule has 0 N–H and O–H groups in total. The first kappa shape index (κ1) is 33.6. The molecule has 2 heterocycles. The van der Waals surface area contributed by atoms with E-state index in [1.807, 2.05) is 19.9 Å². The number of hydrogen-bond acceptors (Lipinski definition) is 3. The van der Waals surface area contributed by atoms with Crippen molar-refractivity contribution in [3.63, 3.8) is 0 Å². The average molecular weight is 576 g/mol. The maximum Gasteiger partial charge on any atom is 0.433 e. The van der Waals surface area contributed by atoms with Crippen LogP contribution in [0.4, 0.5) is 18.9 Å². The number of piperazine rings is 1. The molecule has 3 aromatic rings. The van der Waals surface area contributed by atoms with Gasteiger partial charge in [-0.3, -0.25) is 9.88 Å². The van der Waals surface area contributed by atoms with E-state index in [9.17, 15) is 13.2 Å². The summed E-state index contributed by atoms with van der Waals surface area (Å²) in [7, 11) is 0. The Hall–Kier alpha value is -2.57. The van der Waals surface area contributed by atoms with Crippen molar-refractivity contribution < 1.29 is 13.2 Å². The molecule has 1 aliphatic heterocycles. The predicted octanol–water partition coefficient (Wildman–Crippen LogP) is 9.34. The topological polar surface area (TPSA) is 19.4 Å². The first-order valence-corrected chi connectivity index (χ1v) is 14.5. The molecule has 0 amide bonds. The van der Waals surface area contributed by atoms with E-state index in [0.717, 1.165) is 66.5 Å². The zero-order valence-electron chi connectivity index (χ0n) is 25.0. The Balaban J connectivity index is 0.000000355. The van der Waals surface area contributed by atoms with Gasteiger partial charge in [-0.2, -0.15) is 13.2 Å². The summed E-state index contributed by atoms with van der Waals surface area (Å²) in [6.45, 7) is 19.2. The van der Waals surface area contributed by atoms with Crippen molar-refractivity contribution in [2.45, 2.75) is 67.0 Å². The third-order valence-electron chi connectivity index (χ3n) is 7.03. The van der Waals surface area contributed by atoms with Crippen molar-refractivity contribution in [1.29, 1.82) is 0 Å². The molecule has 1 saturated heterocycles. The van der Waals surface area contributed by atoms with Crippen LogP contribution in [-0.2, 0) is 6.18 Å². The number of aryl methyl sites for hydroxylation is 3. The summed E-state index contributed by atoms with van der Waals surface area (Å²) in [6, 6.07) is 17.2. The van der Waals surface area contributed by atoms with Crippen molar-refractivity contribution in [3.8, 4) is 0 Å². The molecule has 1 atom stereocenters. The second kappa shape index (κ2) is 16.0. The van der Waals surface area contributed by atoms with Crippen LogP contribution >= 0.6 is 11.6 Å². The van der Waals surface area contributed by atoms with E-state index in [0.29, 0.717) is 0 Å². The third-order valence-corrected chi connectivity index (χ3v) is 7.33. The number of anilines is 1. The number of nitrogens with zero attached hydrogens (tertiary/aromatic N) is 3. The lowest BCUT2D eigenvalue weighted by atomic mass is 10.0. The quantitative estimate of drug-likeness (QED) is 0.302. The lowest BCUT2D eigenvalue weighted by Crippen LogP contribution is -2.47. The minimum atomic E-state index is -4.39. The van der Waals surface area contributed by atoms with Crippen LogP contribution in [0.5, 0.6) is 0 Å². The molecule has 0 spiro atoms. The van der Waals surface area contributed by atoms with Gasteiger partial charge in [-0.1, -0.05) is 93.2 Å². The van der Waals surface area contributed by atoms with E-state index < -0.39 is 11.9 Å². The molecule has 0 saturated carbocycles. The van der Waals surface area contributed by atoms with Crippen molar-refractivity contribution in [3.05, 3.63) is 93.8 Å². The molecule has 7 heteroatoms. The van der Waals surface area contributed by atoms with Gasteiger partial charge in [-0.15, -0.1) is 0 Å². The number of alkyl halides is 3. The summed E-state index contributed by atoms with van der Waals surface area (Å²) in [4.78, 5) is 8.18. The zero-order chi connectivity index (χ0) is 29.9. The highest BCUT2D eigenvalue weighted by Crippen LogP contribution is 2.29. The van der Waals surface area contributed by atoms with Gasteiger partial charge in [0.2, 0.25) is 0 Å². The second-order valence-electron chi connectivity index (χ2n) is 11.1. The summed E-state index contributed by atoms with van der Waals surface area (Å²) < 4.78 is 37.9. The van der Waals surface area contributed by atoms with Crippen LogP contribution in [0.2, 0.25) is 5.02 Å². The molecule has 4 rings (SSSR count). The van der Waals surface area contributed by atoms with Crippen LogP contribution in [0, 0.1) is 26.7 Å². The molecule has 1 fully saturated rings. The highest BCUT2D eigenvalue weighted by Gasteiger charge is 2.32. The summed E-state index contributed by atoms with van der Waals surface area (Å²) in [6.07, 6.45) is -1.74. The van der Waals surface area contributed by atoms with Gasteiger partial charge in [-0.05, 0) is 61.9 Å². The van der Waals surface area contributed by atoms with Gasteiger partial charge in [0, 0.05) is 38.9 Å². The molecular weight excluding hydrogens is 531 g/mol. The normalized spacial score (nSPS) is 14.7. The van der Waals surface area contributed by atoms with E-state index in [-0.39, 0.29) is 5.92 Å². The third kappa shape index (κ3) is 11.5. The van der Waals surface area contributed by atoms with Gasteiger partial charge in [0.05, 0.1) is 10.7 Å². The Labute approximate surface area is 244 Å². The molecule has 40 heavy (non-hydrogen) atoms. The first-order valence-electron chi connectivity index (χ1n) is 14.1. The minimum absolute atomic E-state index is 0.120. The highest BCUT2D eigenvalue weighted by molar-refractivity contribution is 6.33. The molecular formula is C33H45ClF3N3.